The van der Waals surface area contributed by atoms with Crippen molar-refractivity contribution in [2.75, 3.05) is 0 Å². The van der Waals surface area contributed by atoms with Gasteiger partial charge in [0.15, 0.2) is 0 Å². The van der Waals surface area contributed by atoms with E-state index in [1.54, 1.807) is 0 Å². The van der Waals surface area contributed by atoms with Gasteiger partial charge in [-0.15, -0.1) is 0 Å². The lowest BCUT2D eigenvalue weighted by molar-refractivity contribution is 0.547. The van der Waals surface area contributed by atoms with E-state index in [1.165, 1.54) is 6.07 Å². The fourth-order valence-corrected chi connectivity index (χ4v) is 3.84. The third-order valence-corrected chi connectivity index (χ3v) is 5.05. The molecule has 2 rings (SSSR count). The number of benzene rings is 1. The van der Waals surface area contributed by atoms with Gasteiger partial charge in [0.25, 0.3) is 0 Å². The maximum atomic E-state index is 14.0. The summed E-state index contributed by atoms with van der Waals surface area (Å²) in [5.41, 5.74) is 5.47. The van der Waals surface area contributed by atoms with Gasteiger partial charge in [-0.05, 0) is 24.5 Å². The molecule has 3 N–H and O–H groups in total. The molecule has 0 heterocycles. The fraction of sp³-hybridized carbons (Fsp3) is 0.500. The molecule has 0 bridgehead atoms. The van der Waals surface area contributed by atoms with E-state index >= 15 is 0 Å². The van der Waals surface area contributed by atoms with Gasteiger partial charge in [-0.1, -0.05) is 24.9 Å². The van der Waals surface area contributed by atoms with Crippen molar-refractivity contribution < 1.29 is 12.8 Å². The maximum absolute atomic E-state index is 14.0. The Morgan fingerprint density at radius 3 is 2.74 bits per heavy atom. The average Bonchev–Trinajstić information content (AvgIpc) is 3.09. The number of nitrogens with two attached hydrogens (primary N) is 1. The molecule has 19 heavy (non-hydrogen) atoms. The molecule has 1 aliphatic rings. The summed E-state index contributed by atoms with van der Waals surface area (Å²) in [6, 6.07) is 2.35. The Morgan fingerprint density at radius 1 is 1.53 bits per heavy atom. The number of halogens is 2. The van der Waals surface area contributed by atoms with Crippen molar-refractivity contribution in [2.24, 2.45) is 11.7 Å². The van der Waals surface area contributed by atoms with E-state index in [2.05, 4.69) is 4.72 Å². The molecule has 0 spiro atoms. The normalized spacial score (nSPS) is 22.5. The number of rotatable bonds is 5. The van der Waals surface area contributed by atoms with E-state index in [1.807, 2.05) is 6.92 Å². The second-order valence-corrected chi connectivity index (χ2v) is 6.83. The van der Waals surface area contributed by atoms with Gasteiger partial charge < -0.3 is 5.73 Å². The van der Waals surface area contributed by atoms with Gasteiger partial charge in [-0.25, -0.2) is 17.5 Å². The zero-order valence-corrected chi connectivity index (χ0v) is 12.1. The molecule has 0 aromatic heterocycles. The van der Waals surface area contributed by atoms with Crippen molar-refractivity contribution in [3.05, 3.63) is 28.5 Å². The molecule has 0 saturated heterocycles. The minimum absolute atomic E-state index is 0.0933. The summed E-state index contributed by atoms with van der Waals surface area (Å²) < 4.78 is 40.8. The van der Waals surface area contributed by atoms with E-state index in [0.29, 0.717) is 5.92 Å². The van der Waals surface area contributed by atoms with Crippen LogP contribution in [0.5, 0.6) is 0 Å². The van der Waals surface area contributed by atoms with Crippen LogP contribution in [0, 0.1) is 11.7 Å². The van der Waals surface area contributed by atoms with Crippen LogP contribution in [-0.2, 0) is 16.6 Å². The minimum atomic E-state index is -3.89. The van der Waals surface area contributed by atoms with Crippen LogP contribution in [-0.4, -0.2) is 14.5 Å². The van der Waals surface area contributed by atoms with Gasteiger partial charge in [0.2, 0.25) is 10.0 Å². The molecule has 2 unspecified atom stereocenters. The molecule has 1 aromatic carbocycles. The van der Waals surface area contributed by atoms with Gasteiger partial charge in [0, 0.05) is 23.2 Å². The van der Waals surface area contributed by atoms with Crippen LogP contribution >= 0.6 is 11.6 Å². The highest BCUT2D eigenvalue weighted by molar-refractivity contribution is 7.89. The van der Waals surface area contributed by atoms with E-state index in [4.69, 9.17) is 17.3 Å². The van der Waals surface area contributed by atoms with Crippen molar-refractivity contribution in [3.63, 3.8) is 0 Å². The van der Waals surface area contributed by atoms with Gasteiger partial charge in [0.05, 0.1) is 0 Å². The number of nitrogens with one attached hydrogen (secondary N) is 1. The average molecular weight is 307 g/mol. The molecule has 2 atom stereocenters. The van der Waals surface area contributed by atoms with Gasteiger partial charge in [-0.3, -0.25) is 0 Å². The van der Waals surface area contributed by atoms with Crippen LogP contribution in [0.2, 0.25) is 5.02 Å². The van der Waals surface area contributed by atoms with Crippen molar-refractivity contribution >= 4 is 21.6 Å². The Balaban J connectivity index is 2.32. The first-order valence-electron chi connectivity index (χ1n) is 6.09. The molecule has 0 aliphatic heterocycles. The van der Waals surface area contributed by atoms with Crippen molar-refractivity contribution in [1.29, 1.82) is 0 Å². The lowest BCUT2D eigenvalue weighted by Gasteiger charge is -2.10. The molecule has 4 nitrogen and oxygen atoms in total. The number of hydrogen-bond donors (Lipinski definition) is 2. The smallest absolute Gasteiger partial charge is 0.243 e. The molecule has 1 aromatic rings. The summed E-state index contributed by atoms with van der Waals surface area (Å²) in [5.74, 6) is -0.487. The highest BCUT2D eigenvalue weighted by Gasteiger charge is 2.39. The predicted molar refractivity (Wildman–Crippen MR) is 71.8 cm³/mol. The SMILES string of the molecule is CCC1CC1NS(=O)(=O)c1cc(Cl)cc(CN)c1F. The summed E-state index contributed by atoms with van der Waals surface area (Å²) in [5, 5.41) is 0.157. The minimum Gasteiger partial charge on any atom is -0.326 e. The van der Waals surface area contributed by atoms with Crippen molar-refractivity contribution in [2.45, 2.75) is 37.2 Å². The summed E-state index contributed by atoms with van der Waals surface area (Å²) in [6.45, 7) is 1.89. The molecular weight excluding hydrogens is 291 g/mol. The largest absolute Gasteiger partial charge is 0.326 e. The van der Waals surface area contributed by atoms with Crippen molar-refractivity contribution in [3.8, 4) is 0 Å². The molecular formula is C12H16ClFN2O2S. The Hall–Kier alpha value is -0.690. The molecule has 1 aliphatic carbocycles. The fourth-order valence-electron chi connectivity index (χ4n) is 2.07. The second kappa shape index (κ2) is 5.36. The first-order valence-corrected chi connectivity index (χ1v) is 7.95. The molecule has 7 heteroatoms. The standard InChI is InChI=1S/C12H16ClFN2O2S/c1-2-7-4-10(7)16-19(17,18)11-5-9(13)3-8(6-15)12(11)14/h3,5,7,10,16H,2,4,6,15H2,1H3. The van der Waals surface area contributed by atoms with Crippen LogP contribution in [0.3, 0.4) is 0 Å². The molecule has 0 amide bonds. The Bertz CT molecular complexity index is 592. The highest BCUT2D eigenvalue weighted by atomic mass is 35.5. The first kappa shape index (κ1) is 14.7. The number of sulfonamides is 1. The van der Waals surface area contributed by atoms with Crippen LogP contribution < -0.4 is 10.5 Å². The molecule has 0 radical (unpaired) electrons. The molecule has 1 saturated carbocycles. The summed E-state index contributed by atoms with van der Waals surface area (Å²) in [7, 11) is -3.89. The molecule has 106 valence electrons. The predicted octanol–water partition coefficient (Wildman–Crippen LogP) is 2.01. The van der Waals surface area contributed by atoms with Crippen LogP contribution in [0.1, 0.15) is 25.3 Å². The Labute approximate surface area is 117 Å². The summed E-state index contributed by atoms with van der Waals surface area (Å²) in [4.78, 5) is -0.429. The monoisotopic (exact) mass is 306 g/mol. The van der Waals surface area contributed by atoms with E-state index in [-0.39, 0.29) is 23.2 Å². The summed E-state index contributed by atoms with van der Waals surface area (Å²) in [6.07, 6.45) is 1.70. The van der Waals surface area contributed by atoms with Crippen LogP contribution in [0.15, 0.2) is 17.0 Å². The van der Waals surface area contributed by atoms with Gasteiger partial charge in [0.1, 0.15) is 10.7 Å². The summed E-state index contributed by atoms with van der Waals surface area (Å²) >= 11 is 5.80. The van der Waals surface area contributed by atoms with E-state index in [9.17, 15) is 12.8 Å². The lowest BCUT2D eigenvalue weighted by atomic mass is 10.2. The van der Waals surface area contributed by atoms with Gasteiger partial charge in [-0.2, -0.15) is 0 Å². The Kier molecular flexibility index (Phi) is 4.15. The van der Waals surface area contributed by atoms with Crippen molar-refractivity contribution in [1.82, 2.24) is 4.72 Å². The van der Waals surface area contributed by atoms with Crippen LogP contribution in [0.25, 0.3) is 0 Å². The Morgan fingerprint density at radius 2 is 2.21 bits per heavy atom. The zero-order chi connectivity index (χ0) is 14.2. The highest BCUT2D eigenvalue weighted by Crippen LogP contribution is 2.35. The maximum Gasteiger partial charge on any atom is 0.243 e. The zero-order valence-electron chi connectivity index (χ0n) is 10.5. The van der Waals surface area contributed by atoms with E-state index in [0.717, 1.165) is 18.9 Å². The third-order valence-electron chi connectivity index (χ3n) is 3.34. The second-order valence-electron chi connectivity index (χ2n) is 4.71. The number of hydrogen-bond acceptors (Lipinski definition) is 3. The molecule has 1 fully saturated rings. The van der Waals surface area contributed by atoms with Crippen LogP contribution in [0.4, 0.5) is 4.39 Å². The lowest BCUT2D eigenvalue weighted by Crippen LogP contribution is -2.28. The van der Waals surface area contributed by atoms with E-state index < -0.39 is 20.7 Å². The van der Waals surface area contributed by atoms with Gasteiger partial charge >= 0.3 is 0 Å². The third kappa shape index (κ3) is 3.08. The quantitative estimate of drug-likeness (QED) is 0.874. The topological polar surface area (TPSA) is 72.2 Å². The first-order chi connectivity index (χ1) is 8.89.